The molecule has 1 atom stereocenters. The Bertz CT molecular complexity index is 450. The van der Waals surface area contributed by atoms with Crippen LogP contribution in [0, 0.1) is 0 Å². The van der Waals surface area contributed by atoms with Gasteiger partial charge in [-0.05, 0) is 24.6 Å². The molecule has 0 aromatic heterocycles. The summed E-state index contributed by atoms with van der Waals surface area (Å²) in [6, 6.07) is 4.99. The number of ether oxygens (including phenoxy) is 1. The summed E-state index contributed by atoms with van der Waals surface area (Å²) in [6.07, 6.45) is 1.04. The van der Waals surface area contributed by atoms with Gasteiger partial charge in [0.2, 0.25) is 0 Å². The van der Waals surface area contributed by atoms with Crippen molar-refractivity contribution in [3.05, 3.63) is 27.7 Å². The number of piperazine rings is 1. The zero-order valence-corrected chi connectivity index (χ0v) is 12.3. The molecule has 2 heterocycles. The Balaban J connectivity index is 1.84. The lowest BCUT2D eigenvalue weighted by Gasteiger charge is -2.34. The van der Waals surface area contributed by atoms with Gasteiger partial charge in [0.05, 0.1) is 6.61 Å². The van der Waals surface area contributed by atoms with Gasteiger partial charge in [-0.3, -0.25) is 4.90 Å². The highest BCUT2D eigenvalue weighted by Crippen LogP contribution is 2.34. The standard InChI is InChI=1S/C14H19BrN2O/c1-10-8-16-3-4-17(10)9-12-7-13(15)6-11-2-5-18-14(11)12/h6-7,10,16H,2-5,8-9H2,1H3/t10-/m1/s1. The van der Waals surface area contributed by atoms with Gasteiger partial charge in [-0.2, -0.15) is 0 Å². The second-order valence-corrected chi connectivity index (χ2v) is 6.09. The van der Waals surface area contributed by atoms with E-state index in [1.54, 1.807) is 0 Å². The van der Waals surface area contributed by atoms with Crippen LogP contribution in [0.2, 0.25) is 0 Å². The van der Waals surface area contributed by atoms with Crippen molar-refractivity contribution >= 4 is 15.9 Å². The molecule has 0 bridgehead atoms. The zero-order chi connectivity index (χ0) is 12.5. The normalized spacial score (nSPS) is 23.8. The second-order valence-electron chi connectivity index (χ2n) is 5.18. The summed E-state index contributed by atoms with van der Waals surface area (Å²) in [6.45, 7) is 7.38. The first-order valence-corrected chi connectivity index (χ1v) is 7.42. The molecule has 3 nitrogen and oxygen atoms in total. The van der Waals surface area contributed by atoms with E-state index < -0.39 is 0 Å². The van der Waals surface area contributed by atoms with Crippen LogP contribution in [0.15, 0.2) is 16.6 Å². The molecular formula is C14H19BrN2O. The van der Waals surface area contributed by atoms with Crippen molar-refractivity contribution in [1.82, 2.24) is 10.2 Å². The molecule has 0 aliphatic carbocycles. The van der Waals surface area contributed by atoms with Crippen molar-refractivity contribution in [2.75, 3.05) is 26.2 Å². The number of hydrogen-bond donors (Lipinski definition) is 1. The van der Waals surface area contributed by atoms with E-state index in [9.17, 15) is 0 Å². The number of rotatable bonds is 2. The van der Waals surface area contributed by atoms with Crippen LogP contribution < -0.4 is 10.1 Å². The average Bonchev–Trinajstić information content (AvgIpc) is 2.80. The van der Waals surface area contributed by atoms with Crippen LogP contribution in [0.5, 0.6) is 5.75 Å². The Hall–Kier alpha value is -0.580. The van der Waals surface area contributed by atoms with Crippen molar-refractivity contribution in [3.8, 4) is 5.75 Å². The van der Waals surface area contributed by atoms with Crippen molar-refractivity contribution < 1.29 is 4.74 Å². The van der Waals surface area contributed by atoms with Crippen LogP contribution >= 0.6 is 15.9 Å². The third-order valence-corrected chi connectivity index (χ3v) is 4.30. The lowest BCUT2D eigenvalue weighted by atomic mass is 10.1. The number of benzene rings is 1. The summed E-state index contributed by atoms with van der Waals surface area (Å²) in [5.41, 5.74) is 2.67. The van der Waals surface area contributed by atoms with Crippen LogP contribution in [0.25, 0.3) is 0 Å². The minimum Gasteiger partial charge on any atom is -0.493 e. The fourth-order valence-electron chi connectivity index (χ4n) is 2.80. The molecule has 18 heavy (non-hydrogen) atoms. The number of nitrogens with one attached hydrogen (secondary N) is 1. The fourth-order valence-corrected chi connectivity index (χ4v) is 3.35. The molecule has 2 aliphatic heterocycles. The maximum Gasteiger partial charge on any atom is 0.127 e. The van der Waals surface area contributed by atoms with E-state index in [0.717, 1.165) is 45.0 Å². The summed E-state index contributed by atoms with van der Waals surface area (Å²) in [7, 11) is 0. The largest absolute Gasteiger partial charge is 0.493 e. The van der Waals surface area contributed by atoms with Crippen LogP contribution in [-0.4, -0.2) is 37.2 Å². The molecule has 1 aromatic carbocycles. The van der Waals surface area contributed by atoms with Gasteiger partial charge in [0.1, 0.15) is 5.75 Å². The van der Waals surface area contributed by atoms with Crippen molar-refractivity contribution in [1.29, 1.82) is 0 Å². The zero-order valence-electron chi connectivity index (χ0n) is 10.7. The van der Waals surface area contributed by atoms with Crippen molar-refractivity contribution in [2.45, 2.75) is 25.9 Å². The summed E-state index contributed by atoms with van der Waals surface area (Å²) >= 11 is 3.61. The Morgan fingerprint density at radius 2 is 2.39 bits per heavy atom. The lowest BCUT2D eigenvalue weighted by molar-refractivity contribution is 0.164. The number of halogens is 1. The smallest absolute Gasteiger partial charge is 0.127 e. The van der Waals surface area contributed by atoms with Gasteiger partial charge in [0.15, 0.2) is 0 Å². The summed E-state index contributed by atoms with van der Waals surface area (Å²) in [5, 5.41) is 3.43. The van der Waals surface area contributed by atoms with Crippen molar-refractivity contribution in [2.24, 2.45) is 0 Å². The molecule has 2 aliphatic rings. The monoisotopic (exact) mass is 310 g/mol. The highest BCUT2D eigenvalue weighted by atomic mass is 79.9. The van der Waals surface area contributed by atoms with Crippen molar-refractivity contribution in [3.63, 3.8) is 0 Å². The Labute approximate surface area is 117 Å². The highest BCUT2D eigenvalue weighted by molar-refractivity contribution is 9.10. The summed E-state index contributed by atoms with van der Waals surface area (Å²) < 4.78 is 6.97. The first kappa shape index (κ1) is 12.5. The average molecular weight is 311 g/mol. The van der Waals surface area contributed by atoms with E-state index in [-0.39, 0.29) is 0 Å². The molecule has 4 heteroatoms. The summed E-state index contributed by atoms with van der Waals surface area (Å²) in [5.74, 6) is 1.13. The first-order chi connectivity index (χ1) is 8.74. The van der Waals surface area contributed by atoms with E-state index in [4.69, 9.17) is 4.74 Å². The molecule has 0 unspecified atom stereocenters. The van der Waals surface area contributed by atoms with E-state index in [2.05, 4.69) is 45.2 Å². The molecular weight excluding hydrogens is 292 g/mol. The third kappa shape index (κ3) is 2.42. The van der Waals surface area contributed by atoms with E-state index in [0.29, 0.717) is 6.04 Å². The Morgan fingerprint density at radius 1 is 1.50 bits per heavy atom. The molecule has 0 saturated carbocycles. The molecule has 0 radical (unpaired) electrons. The molecule has 1 N–H and O–H groups in total. The second kappa shape index (κ2) is 5.19. The minimum atomic E-state index is 0.592. The van der Waals surface area contributed by atoms with Gasteiger partial charge in [0.25, 0.3) is 0 Å². The van der Waals surface area contributed by atoms with Crippen LogP contribution in [-0.2, 0) is 13.0 Å². The van der Waals surface area contributed by atoms with Gasteiger partial charge >= 0.3 is 0 Å². The Kier molecular flexibility index (Phi) is 3.59. The SMILES string of the molecule is C[C@@H]1CNCCN1Cc1cc(Br)cc2c1OCC2. The lowest BCUT2D eigenvalue weighted by Crippen LogP contribution is -2.49. The van der Waals surface area contributed by atoms with Gasteiger partial charge in [-0.15, -0.1) is 0 Å². The maximum absolute atomic E-state index is 5.80. The van der Waals surface area contributed by atoms with E-state index in [1.807, 2.05) is 0 Å². The van der Waals surface area contributed by atoms with E-state index in [1.165, 1.54) is 15.6 Å². The fraction of sp³-hybridized carbons (Fsp3) is 0.571. The van der Waals surface area contributed by atoms with Crippen LogP contribution in [0.4, 0.5) is 0 Å². The van der Waals surface area contributed by atoms with Crippen LogP contribution in [0.3, 0.4) is 0 Å². The van der Waals surface area contributed by atoms with Crippen LogP contribution in [0.1, 0.15) is 18.1 Å². The summed E-state index contributed by atoms with van der Waals surface area (Å²) in [4.78, 5) is 2.53. The molecule has 0 spiro atoms. The molecule has 0 amide bonds. The van der Waals surface area contributed by atoms with Gasteiger partial charge in [-0.1, -0.05) is 15.9 Å². The quantitative estimate of drug-likeness (QED) is 0.906. The predicted molar refractivity (Wildman–Crippen MR) is 76.1 cm³/mol. The molecule has 1 aromatic rings. The maximum atomic E-state index is 5.80. The highest BCUT2D eigenvalue weighted by Gasteiger charge is 2.22. The van der Waals surface area contributed by atoms with E-state index >= 15 is 0 Å². The Morgan fingerprint density at radius 3 is 3.22 bits per heavy atom. The molecule has 1 saturated heterocycles. The third-order valence-electron chi connectivity index (χ3n) is 3.84. The topological polar surface area (TPSA) is 24.5 Å². The number of nitrogens with zero attached hydrogens (tertiary/aromatic N) is 1. The van der Waals surface area contributed by atoms with Gasteiger partial charge in [0, 0.05) is 48.7 Å². The predicted octanol–water partition coefficient (Wildman–Crippen LogP) is 2.18. The molecule has 3 rings (SSSR count). The van der Waals surface area contributed by atoms with Gasteiger partial charge < -0.3 is 10.1 Å². The molecule has 1 fully saturated rings. The number of fused-ring (bicyclic) bond motifs is 1. The van der Waals surface area contributed by atoms with Gasteiger partial charge in [-0.25, -0.2) is 0 Å². The first-order valence-electron chi connectivity index (χ1n) is 6.63. The number of hydrogen-bond acceptors (Lipinski definition) is 3. The minimum absolute atomic E-state index is 0.592. The molecule has 98 valence electrons.